The zero-order valence-electron chi connectivity index (χ0n) is 12.5. The van der Waals surface area contributed by atoms with Crippen molar-refractivity contribution in [3.63, 3.8) is 0 Å². The second kappa shape index (κ2) is 6.26. The number of benzene rings is 1. The van der Waals surface area contributed by atoms with Crippen molar-refractivity contribution in [2.24, 2.45) is 0 Å². The van der Waals surface area contributed by atoms with Crippen LogP contribution < -0.4 is 9.78 Å². The summed E-state index contributed by atoms with van der Waals surface area (Å²) in [6.07, 6.45) is 0. The maximum Gasteiger partial charge on any atom is 0.175 e. The summed E-state index contributed by atoms with van der Waals surface area (Å²) in [6, 6.07) is 1.93. The molecule has 0 aliphatic heterocycles. The lowest BCUT2D eigenvalue weighted by Crippen LogP contribution is -2.08. The third-order valence-corrected chi connectivity index (χ3v) is 3.33. The average Bonchev–Trinajstić information content (AvgIpc) is 2.35. The van der Waals surface area contributed by atoms with Gasteiger partial charge in [-0.25, -0.2) is 10.5 Å². The van der Waals surface area contributed by atoms with Gasteiger partial charge in [-0.15, -0.1) is 0 Å². The minimum atomic E-state index is 0.0560. The SMILES string of the molecule is CC(C)c1cc(C(C)C)c(OO)c(C(C)C)c1OO. The molecule has 0 aliphatic rings. The molecule has 0 saturated heterocycles. The van der Waals surface area contributed by atoms with Gasteiger partial charge in [-0.3, -0.25) is 0 Å². The van der Waals surface area contributed by atoms with E-state index in [1.54, 1.807) is 0 Å². The summed E-state index contributed by atoms with van der Waals surface area (Å²) in [5.74, 6) is 1.23. The molecule has 0 aliphatic carbocycles. The Hall–Kier alpha value is -1.26. The normalized spacial score (nSPS) is 11.5. The first-order valence-corrected chi connectivity index (χ1v) is 6.68. The van der Waals surface area contributed by atoms with Crippen LogP contribution in [0.4, 0.5) is 0 Å². The van der Waals surface area contributed by atoms with Gasteiger partial charge in [0.15, 0.2) is 11.5 Å². The molecule has 0 saturated carbocycles. The van der Waals surface area contributed by atoms with Crippen LogP contribution in [0.5, 0.6) is 11.5 Å². The number of hydrogen-bond donors (Lipinski definition) is 2. The topological polar surface area (TPSA) is 58.9 Å². The van der Waals surface area contributed by atoms with Crippen LogP contribution in [0.25, 0.3) is 0 Å². The van der Waals surface area contributed by atoms with Gasteiger partial charge in [-0.05, 0) is 23.8 Å². The molecular weight excluding hydrogens is 244 g/mol. The summed E-state index contributed by atoms with van der Waals surface area (Å²) >= 11 is 0. The fourth-order valence-electron chi connectivity index (χ4n) is 2.30. The second-order valence-electron chi connectivity index (χ2n) is 5.77. The van der Waals surface area contributed by atoms with Gasteiger partial charge in [0.25, 0.3) is 0 Å². The monoisotopic (exact) mass is 268 g/mol. The zero-order valence-corrected chi connectivity index (χ0v) is 12.5. The van der Waals surface area contributed by atoms with Gasteiger partial charge in [-0.2, -0.15) is 0 Å². The Kier molecular flexibility index (Phi) is 5.20. The van der Waals surface area contributed by atoms with Crippen LogP contribution in [0.2, 0.25) is 0 Å². The Morgan fingerprint density at radius 1 is 0.737 bits per heavy atom. The third kappa shape index (κ3) is 3.01. The molecule has 4 heteroatoms. The lowest BCUT2D eigenvalue weighted by molar-refractivity contribution is -0.147. The zero-order chi connectivity index (χ0) is 14.7. The first kappa shape index (κ1) is 15.8. The van der Waals surface area contributed by atoms with Gasteiger partial charge in [-0.1, -0.05) is 41.5 Å². The number of rotatable bonds is 5. The maximum absolute atomic E-state index is 9.21. The molecule has 4 nitrogen and oxygen atoms in total. The molecule has 0 fully saturated rings. The molecular formula is C15H24O4. The lowest BCUT2D eigenvalue weighted by atomic mass is 9.87. The summed E-state index contributed by atoms with van der Waals surface area (Å²) in [5, 5.41) is 18.4. The van der Waals surface area contributed by atoms with Crippen LogP contribution in [0.15, 0.2) is 6.07 Å². The van der Waals surface area contributed by atoms with E-state index in [2.05, 4.69) is 9.78 Å². The van der Waals surface area contributed by atoms with E-state index in [1.165, 1.54) is 0 Å². The molecule has 1 aromatic rings. The summed E-state index contributed by atoms with van der Waals surface area (Å²) in [6.45, 7) is 12.1. The van der Waals surface area contributed by atoms with Gasteiger partial charge in [0, 0.05) is 16.7 Å². The third-order valence-electron chi connectivity index (χ3n) is 3.33. The smallest absolute Gasteiger partial charge is 0.175 e. The average molecular weight is 268 g/mol. The van der Waals surface area contributed by atoms with E-state index in [1.807, 2.05) is 47.6 Å². The summed E-state index contributed by atoms with van der Waals surface area (Å²) < 4.78 is 0. The van der Waals surface area contributed by atoms with E-state index >= 15 is 0 Å². The van der Waals surface area contributed by atoms with Crippen LogP contribution in [-0.2, 0) is 0 Å². The fourth-order valence-corrected chi connectivity index (χ4v) is 2.30. The van der Waals surface area contributed by atoms with Crippen molar-refractivity contribution in [1.29, 1.82) is 0 Å². The van der Waals surface area contributed by atoms with Crippen molar-refractivity contribution in [3.05, 3.63) is 22.8 Å². The van der Waals surface area contributed by atoms with Crippen LogP contribution in [-0.4, -0.2) is 10.5 Å². The van der Waals surface area contributed by atoms with Crippen molar-refractivity contribution in [2.75, 3.05) is 0 Å². The molecule has 108 valence electrons. The molecule has 2 N–H and O–H groups in total. The van der Waals surface area contributed by atoms with Gasteiger partial charge >= 0.3 is 0 Å². The predicted molar refractivity (Wildman–Crippen MR) is 75.2 cm³/mol. The predicted octanol–water partition coefficient (Wildman–Crippen LogP) is 4.76. The van der Waals surface area contributed by atoms with Gasteiger partial charge in [0.1, 0.15) is 0 Å². The second-order valence-corrected chi connectivity index (χ2v) is 5.77. The summed E-state index contributed by atoms with van der Waals surface area (Å²) in [7, 11) is 0. The Labute approximate surface area is 114 Å². The first-order valence-electron chi connectivity index (χ1n) is 6.68. The Bertz CT molecular complexity index is 402. The quantitative estimate of drug-likeness (QED) is 0.597. The van der Waals surface area contributed by atoms with Crippen molar-refractivity contribution in [3.8, 4) is 11.5 Å². The van der Waals surface area contributed by atoms with E-state index in [4.69, 9.17) is 0 Å². The largest absolute Gasteiger partial charge is 0.339 e. The standard InChI is InChI=1S/C15H24O4/c1-8(2)11-7-12(9(3)4)15(19-17)13(10(5)6)14(11)18-16/h7-10,16-17H,1-6H3. The lowest BCUT2D eigenvalue weighted by Gasteiger charge is -2.23. The van der Waals surface area contributed by atoms with Crippen molar-refractivity contribution < 1.29 is 20.3 Å². The molecule has 0 spiro atoms. The highest BCUT2D eigenvalue weighted by molar-refractivity contribution is 5.57. The minimum Gasteiger partial charge on any atom is -0.339 e. The van der Waals surface area contributed by atoms with Crippen LogP contribution in [0.3, 0.4) is 0 Å². The van der Waals surface area contributed by atoms with E-state index in [0.717, 1.165) is 11.1 Å². The van der Waals surface area contributed by atoms with Crippen molar-refractivity contribution in [1.82, 2.24) is 0 Å². The van der Waals surface area contributed by atoms with Crippen LogP contribution in [0.1, 0.15) is 76.0 Å². The van der Waals surface area contributed by atoms with E-state index < -0.39 is 0 Å². The first-order chi connectivity index (χ1) is 8.84. The van der Waals surface area contributed by atoms with Crippen molar-refractivity contribution >= 4 is 0 Å². The Morgan fingerprint density at radius 2 is 1.11 bits per heavy atom. The minimum absolute atomic E-state index is 0.0560. The summed E-state index contributed by atoms with van der Waals surface area (Å²) in [5.41, 5.74) is 2.52. The van der Waals surface area contributed by atoms with Gasteiger partial charge in [0.2, 0.25) is 0 Å². The molecule has 1 rings (SSSR count). The molecule has 1 aromatic carbocycles. The molecule has 0 unspecified atom stereocenters. The highest BCUT2D eigenvalue weighted by atomic mass is 17.1. The van der Waals surface area contributed by atoms with E-state index in [9.17, 15) is 10.5 Å². The number of hydrogen-bond acceptors (Lipinski definition) is 4. The fraction of sp³-hybridized carbons (Fsp3) is 0.600. The van der Waals surface area contributed by atoms with Crippen LogP contribution in [0, 0.1) is 0 Å². The summed E-state index contributed by atoms with van der Waals surface area (Å²) in [4.78, 5) is 9.17. The van der Waals surface area contributed by atoms with Gasteiger partial charge in [0.05, 0.1) is 0 Å². The molecule has 19 heavy (non-hydrogen) atoms. The van der Waals surface area contributed by atoms with Gasteiger partial charge < -0.3 is 9.78 Å². The molecule has 0 heterocycles. The Morgan fingerprint density at radius 3 is 1.32 bits per heavy atom. The molecule has 0 radical (unpaired) electrons. The Balaban J connectivity index is 3.71. The molecule has 0 atom stereocenters. The van der Waals surface area contributed by atoms with E-state index in [-0.39, 0.29) is 17.8 Å². The van der Waals surface area contributed by atoms with Crippen LogP contribution >= 0.6 is 0 Å². The molecule has 0 aromatic heterocycles. The molecule has 0 bridgehead atoms. The maximum atomic E-state index is 9.21. The van der Waals surface area contributed by atoms with E-state index in [0.29, 0.717) is 17.1 Å². The molecule has 0 amide bonds. The highest BCUT2D eigenvalue weighted by Crippen LogP contribution is 2.44. The van der Waals surface area contributed by atoms with Crippen molar-refractivity contribution in [2.45, 2.75) is 59.3 Å². The highest BCUT2D eigenvalue weighted by Gasteiger charge is 2.26.